The first-order valence-electron chi connectivity index (χ1n) is 8.45. The Morgan fingerprint density at radius 1 is 1.17 bits per heavy atom. The maximum Gasteiger partial charge on any atom is 0.317 e. The Balaban J connectivity index is 3.90. The largest absolute Gasteiger partial charge is 0.480 e. The number of aliphatic hydroxyl groups is 2. The molecule has 2 unspecified atom stereocenters. The molecule has 0 saturated heterocycles. The summed E-state index contributed by atoms with van der Waals surface area (Å²) in [6.07, 6.45) is 4.06. The monoisotopic (exact) mass is 345 g/mol. The topological polar surface area (TPSA) is 99.0 Å². The molecule has 0 fully saturated rings. The molecule has 0 aromatic rings. The van der Waals surface area contributed by atoms with E-state index in [0.717, 1.165) is 6.42 Å². The first kappa shape index (κ1) is 23.1. The van der Waals surface area contributed by atoms with Gasteiger partial charge < -0.3 is 25.4 Å². The van der Waals surface area contributed by atoms with Gasteiger partial charge in [-0.25, -0.2) is 0 Å². The van der Waals surface area contributed by atoms with E-state index in [0.29, 0.717) is 13.0 Å². The highest BCUT2D eigenvalue weighted by molar-refractivity contribution is 5.68. The molecule has 6 heteroatoms. The van der Waals surface area contributed by atoms with Crippen LogP contribution in [0.15, 0.2) is 12.2 Å². The number of rotatable bonds is 12. The molecule has 0 rings (SSSR count). The van der Waals surface area contributed by atoms with Crippen LogP contribution in [0.1, 0.15) is 47.5 Å². The SMILES string of the molecule is CC(C)(C)CC(C)(C)C(O)C/C=C\COCC(O)CNCC(=O)O. The summed E-state index contributed by atoms with van der Waals surface area (Å²) in [6, 6.07) is 0. The van der Waals surface area contributed by atoms with Crippen molar-refractivity contribution >= 4 is 5.97 Å². The molecular weight excluding hydrogens is 310 g/mol. The number of nitrogens with one attached hydrogen (secondary N) is 1. The summed E-state index contributed by atoms with van der Waals surface area (Å²) >= 11 is 0. The van der Waals surface area contributed by atoms with Crippen molar-refractivity contribution in [2.24, 2.45) is 10.8 Å². The number of hydrogen-bond donors (Lipinski definition) is 4. The van der Waals surface area contributed by atoms with E-state index in [-0.39, 0.29) is 30.5 Å². The first-order valence-corrected chi connectivity index (χ1v) is 8.45. The van der Waals surface area contributed by atoms with Crippen molar-refractivity contribution in [1.29, 1.82) is 0 Å². The molecule has 0 aliphatic rings. The van der Waals surface area contributed by atoms with Gasteiger partial charge in [0.1, 0.15) is 0 Å². The number of ether oxygens (including phenoxy) is 1. The zero-order valence-electron chi connectivity index (χ0n) is 15.7. The zero-order chi connectivity index (χ0) is 18.8. The standard InChI is InChI=1S/C18H35NO5/c1-17(2,3)13-18(4,5)15(21)8-6-7-9-24-12-14(20)10-19-11-16(22)23/h6-7,14-15,19-21H,8-13H2,1-5H3,(H,22,23)/b7-6-. The first-order chi connectivity index (χ1) is 10.9. The van der Waals surface area contributed by atoms with E-state index in [9.17, 15) is 15.0 Å². The molecule has 0 aromatic heterocycles. The smallest absolute Gasteiger partial charge is 0.317 e. The van der Waals surface area contributed by atoms with Crippen molar-refractivity contribution in [1.82, 2.24) is 5.32 Å². The van der Waals surface area contributed by atoms with Gasteiger partial charge in [-0.2, -0.15) is 0 Å². The summed E-state index contributed by atoms with van der Waals surface area (Å²) < 4.78 is 5.30. The van der Waals surface area contributed by atoms with Crippen LogP contribution in [0.4, 0.5) is 0 Å². The molecule has 0 aliphatic carbocycles. The van der Waals surface area contributed by atoms with Gasteiger partial charge in [0.15, 0.2) is 0 Å². The lowest BCUT2D eigenvalue weighted by Gasteiger charge is -2.36. The molecule has 0 heterocycles. The fraction of sp³-hybridized carbons (Fsp3) is 0.833. The number of hydrogen-bond acceptors (Lipinski definition) is 5. The molecule has 0 spiro atoms. The van der Waals surface area contributed by atoms with Crippen LogP contribution in [0, 0.1) is 10.8 Å². The average Bonchev–Trinajstić information content (AvgIpc) is 2.39. The second-order valence-electron chi connectivity index (χ2n) is 8.16. The number of aliphatic hydroxyl groups excluding tert-OH is 2. The normalized spacial score (nSPS) is 15.6. The van der Waals surface area contributed by atoms with E-state index in [1.165, 1.54) is 0 Å². The van der Waals surface area contributed by atoms with E-state index in [1.807, 2.05) is 12.2 Å². The summed E-state index contributed by atoms with van der Waals surface area (Å²) in [6.45, 7) is 11.1. The van der Waals surface area contributed by atoms with Crippen molar-refractivity contribution in [2.75, 3.05) is 26.3 Å². The van der Waals surface area contributed by atoms with Gasteiger partial charge in [0, 0.05) is 6.54 Å². The van der Waals surface area contributed by atoms with Crippen LogP contribution in [0.25, 0.3) is 0 Å². The fourth-order valence-electron chi connectivity index (χ4n) is 2.77. The molecular formula is C18H35NO5. The highest BCUT2D eigenvalue weighted by atomic mass is 16.5. The van der Waals surface area contributed by atoms with Gasteiger partial charge in [0.2, 0.25) is 0 Å². The van der Waals surface area contributed by atoms with Crippen LogP contribution < -0.4 is 5.32 Å². The molecule has 0 bridgehead atoms. The van der Waals surface area contributed by atoms with Gasteiger partial charge in [-0.3, -0.25) is 4.79 Å². The Morgan fingerprint density at radius 3 is 2.33 bits per heavy atom. The van der Waals surface area contributed by atoms with Gasteiger partial charge >= 0.3 is 5.97 Å². The van der Waals surface area contributed by atoms with Crippen molar-refractivity contribution in [3.05, 3.63) is 12.2 Å². The van der Waals surface area contributed by atoms with Crippen LogP contribution in [0.3, 0.4) is 0 Å². The third kappa shape index (κ3) is 12.5. The number of carboxylic acid groups (broad SMARTS) is 1. The summed E-state index contributed by atoms with van der Waals surface area (Å²) in [5, 5.41) is 31.0. The molecule has 2 atom stereocenters. The molecule has 142 valence electrons. The lowest BCUT2D eigenvalue weighted by Crippen LogP contribution is -2.33. The van der Waals surface area contributed by atoms with Gasteiger partial charge in [-0.05, 0) is 23.7 Å². The van der Waals surface area contributed by atoms with E-state index in [4.69, 9.17) is 9.84 Å². The summed E-state index contributed by atoms with van der Waals surface area (Å²) in [5.41, 5.74) is 0.0115. The summed E-state index contributed by atoms with van der Waals surface area (Å²) in [4.78, 5) is 10.3. The minimum atomic E-state index is -0.959. The molecule has 4 N–H and O–H groups in total. The van der Waals surface area contributed by atoms with E-state index < -0.39 is 18.2 Å². The third-order valence-corrected chi connectivity index (χ3v) is 3.59. The number of aliphatic carboxylic acids is 1. The highest BCUT2D eigenvalue weighted by Gasteiger charge is 2.31. The molecule has 0 saturated carbocycles. The van der Waals surface area contributed by atoms with Crippen molar-refractivity contribution < 1.29 is 24.9 Å². The van der Waals surface area contributed by atoms with Crippen LogP contribution in [-0.2, 0) is 9.53 Å². The Bertz CT molecular complexity index is 387. The zero-order valence-corrected chi connectivity index (χ0v) is 15.7. The molecule has 6 nitrogen and oxygen atoms in total. The fourth-order valence-corrected chi connectivity index (χ4v) is 2.77. The lowest BCUT2D eigenvalue weighted by atomic mass is 9.72. The van der Waals surface area contributed by atoms with Crippen LogP contribution >= 0.6 is 0 Å². The second kappa shape index (κ2) is 10.8. The average molecular weight is 345 g/mol. The van der Waals surface area contributed by atoms with Gasteiger partial charge in [-0.15, -0.1) is 0 Å². The maximum absolute atomic E-state index is 10.3. The second-order valence-corrected chi connectivity index (χ2v) is 8.16. The van der Waals surface area contributed by atoms with E-state index in [1.54, 1.807) is 0 Å². The molecule has 0 aliphatic heterocycles. The van der Waals surface area contributed by atoms with Crippen LogP contribution in [0.5, 0.6) is 0 Å². The maximum atomic E-state index is 10.3. The van der Waals surface area contributed by atoms with Crippen molar-refractivity contribution in [3.8, 4) is 0 Å². The molecule has 0 amide bonds. The van der Waals surface area contributed by atoms with Crippen molar-refractivity contribution in [3.63, 3.8) is 0 Å². The predicted molar refractivity (Wildman–Crippen MR) is 94.9 cm³/mol. The third-order valence-electron chi connectivity index (χ3n) is 3.59. The number of carboxylic acids is 1. The molecule has 0 aromatic carbocycles. The Hall–Kier alpha value is -0.950. The minimum absolute atomic E-state index is 0.134. The Morgan fingerprint density at radius 2 is 1.79 bits per heavy atom. The van der Waals surface area contributed by atoms with Crippen LogP contribution in [-0.4, -0.2) is 59.8 Å². The van der Waals surface area contributed by atoms with Gasteiger partial charge in [0.25, 0.3) is 0 Å². The van der Waals surface area contributed by atoms with Crippen molar-refractivity contribution in [2.45, 2.75) is 59.7 Å². The van der Waals surface area contributed by atoms with Gasteiger partial charge in [0.05, 0.1) is 32.0 Å². The highest BCUT2D eigenvalue weighted by Crippen LogP contribution is 2.36. The Labute approximate surface area is 145 Å². The quantitative estimate of drug-likeness (QED) is 0.318. The van der Waals surface area contributed by atoms with E-state index in [2.05, 4.69) is 39.9 Å². The Kier molecular flexibility index (Phi) is 10.4. The molecule has 0 radical (unpaired) electrons. The predicted octanol–water partition coefficient (Wildman–Crippen LogP) is 1.81. The summed E-state index contributed by atoms with van der Waals surface area (Å²) in [5.74, 6) is -0.959. The minimum Gasteiger partial charge on any atom is -0.480 e. The van der Waals surface area contributed by atoms with Gasteiger partial charge in [-0.1, -0.05) is 46.8 Å². The number of carbonyl (C=O) groups is 1. The molecule has 24 heavy (non-hydrogen) atoms. The van der Waals surface area contributed by atoms with Crippen LogP contribution in [0.2, 0.25) is 0 Å². The lowest BCUT2D eigenvalue weighted by molar-refractivity contribution is -0.136. The van der Waals surface area contributed by atoms with E-state index >= 15 is 0 Å². The summed E-state index contributed by atoms with van der Waals surface area (Å²) in [7, 11) is 0.